The van der Waals surface area contributed by atoms with E-state index in [4.69, 9.17) is 0 Å². The lowest BCUT2D eigenvalue weighted by Crippen LogP contribution is -2.47. The van der Waals surface area contributed by atoms with E-state index >= 15 is 0 Å². The van der Waals surface area contributed by atoms with Crippen molar-refractivity contribution in [2.24, 2.45) is 5.92 Å². The molecule has 29 heavy (non-hydrogen) atoms. The van der Waals surface area contributed by atoms with E-state index < -0.39 is 10.0 Å². The van der Waals surface area contributed by atoms with Gasteiger partial charge in [0.05, 0.1) is 16.5 Å². The van der Waals surface area contributed by atoms with E-state index in [1.165, 1.54) is 21.7 Å². The Morgan fingerprint density at radius 3 is 2.48 bits per heavy atom. The van der Waals surface area contributed by atoms with Crippen molar-refractivity contribution >= 4 is 15.9 Å². The van der Waals surface area contributed by atoms with Gasteiger partial charge in [-0.25, -0.2) is 13.1 Å². The summed E-state index contributed by atoms with van der Waals surface area (Å²) in [5.41, 5.74) is 0.678. The Kier molecular flexibility index (Phi) is 5.91. The van der Waals surface area contributed by atoms with Crippen LogP contribution >= 0.6 is 0 Å². The SMILES string of the molecule is O=C(NC1CCCCC1)[C@H]1CCCN(S(=O)(=O)c2ccc(-n3cnnn3)cc2)C1. The third-order valence-electron chi connectivity index (χ3n) is 5.79. The van der Waals surface area contributed by atoms with Crippen LogP contribution in [0, 0.1) is 5.92 Å². The average Bonchev–Trinajstić information content (AvgIpc) is 3.30. The van der Waals surface area contributed by atoms with Gasteiger partial charge >= 0.3 is 0 Å². The number of tetrazole rings is 1. The van der Waals surface area contributed by atoms with E-state index in [1.54, 1.807) is 24.3 Å². The van der Waals surface area contributed by atoms with Gasteiger partial charge in [0.1, 0.15) is 6.33 Å². The Hall–Kier alpha value is -2.33. The molecule has 156 valence electrons. The summed E-state index contributed by atoms with van der Waals surface area (Å²) < 4.78 is 29.1. The lowest BCUT2D eigenvalue weighted by molar-refractivity contribution is -0.127. The number of sulfonamides is 1. The standard InChI is InChI=1S/C19H26N6O3S/c26-19(21-16-6-2-1-3-7-16)15-5-4-12-24(13-15)29(27,28)18-10-8-17(9-11-18)25-14-20-22-23-25/h8-11,14-16H,1-7,12-13H2,(H,21,26)/t15-/m0/s1. The second-order valence-electron chi connectivity index (χ2n) is 7.79. The first-order chi connectivity index (χ1) is 14.0. The van der Waals surface area contributed by atoms with E-state index in [-0.39, 0.29) is 29.3 Å². The van der Waals surface area contributed by atoms with Gasteiger partial charge in [-0.2, -0.15) is 4.31 Å². The summed E-state index contributed by atoms with van der Waals surface area (Å²) in [5.74, 6) is -0.299. The number of hydrogen-bond donors (Lipinski definition) is 1. The maximum absolute atomic E-state index is 13.1. The van der Waals surface area contributed by atoms with Crippen LogP contribution in [-0.2, 0) is 14.8 Å². The van der Waals surface area contributed by atoms with Crippen LogP contribution < -0.4 is 5.32 Å². The van der Waals surface area contributed by atoms with E-state index in [2.05, 4.69) is 20.8 Å². The highest BCUT2D eigenvalue weighted by Crippen LogP contribution is 2.25. The van der Waals surface area contributed by atoms with Crippen molar-refractivity contribution in [3.8, 4) is 5.69 Å². The molecule has 1 aliphatic heterocycles. The lowest BCUT2D eigenvalue weighted by atomic mass is 9.93. The number of amides is 1. The second-order valence-corrected chi connectivity index (χ2v) is 9.73. The molecule has 9 nitrogen and oxygen atoms in total. The highest BCUT2D eigenvalue weighted by molar-refractivity contribution is 7.89. The number of nitrogens with zero attached hydrogens (tertiary/aromatic N) is 5. The molecule has 2 aromatic rings. The number of hydrogen-bond acceptors (Lipinski definition) is 6. The Morgan fingerprint density at radius 2 is 1.79 bits per heavy atom. The van der Waals surface area contributed by atoms with Crippen molar-refractivity contribution in [1.82, 2.24) is 29.8 Å². The first-order valence-electron chi connectivity index (χ1n) is 10.2. The minimum Gasteiger partial charge on any atom is -0.353 e. The van der Waals surface area contributed by atoms with Crippen LogP contribution in [-0.4, -0.2) is 58.0 Å². The van der Waals surface area contributed by atoms with Crippen molar-refractivity contribution in [1.29, 1.82) is 0 Å². The maximum atomic E-state index is 13.1. The third-order valence-corrected chi connectivity index (χ3v) is 7.67. The average molecular weight is 419 g/mol. The fraction of sp³-hybridized carbons (Fsp3) is 0.579. The Bertz CT molecular complexity index is 923. The molecular weight excluding hydrogens is 392 g/mol. The van der Waals surface area contributed by atoms with Gasteiger partial charge < -0.3 is 5.32 Å². The summed E-state index contributed by atoms with van der Waals surface area (Å²) in [7, 11) is -3.65. The van der Waals surface area contributed by atoms with Crippen molar-refractivity contribution < 1.29 is 13.2 Å². The molecule has 2 fully saturated rings. The molecular formula is C19H26N6O3S. The molecule has 2 aliphatic rings. The predicted octanol–water partition coefficient (Wildman–Crippen LogP) is 1.51. The van der Waals surface area contributed by atoms with Crippen molar-refractivity contribution in [3.63, 3.8) is 0 Å². The Morgan fingerprint density at radius 1 is 1.03 bits per heavy atom. The highest BCUT2D eigenvalue weighted by Gasteiger charge is 2.34. The molecule has 0 spiro atoms. The fourth-order valence-electron chi connectivity index (χ4n) is 4.14. The highest BCUT2D eigenvalue weighted by atomic mass is 32.2. The minimum absolute atomic E-state index is 0.00849. The molecule has 0 unspecified atom stereocenters. The number of aromatic nitrogens is 4. The first-order valence-corrected chi connectivity index (χ1v) is 11.6. The molecule has 0 radical (unpaired) electrons. The Labute approximate surface area is 170 Å². The summed E-state index contributed by atoms with van der Waals surface area (Å²) in [6.45, 7) is 0.667. The van der Waals surface area contributed by atoms with Gasteiger partial charge in [0.25, 0.3) is 0 Å². The number of rotatable bonds is 5. The fourth-order valence-corrected chi connectivity index (χ4v) is 5.66. The number of piperidine rings is 1. The first kappa shape index (κ1) is 20.0. The molecule has 1 atom stereocenters. The molecule has 10 heteroatoms. The largest absolute Gasteiger partial charge is 0.353 e. The summed E-state index contributed by atoms with van der Waals surface area (Å²) in [6, 6.07) is 6.68. The van der Waals surface area contributed by atoms with E-state index in [0.717, 1.165) is 32.1 Å². The van der Waals surface area contributed by atoms with Crippen molar-refractivity contribution in [3.05, 3.63) is 30.6 Å². The van der Waals surface area contributed by atoms with Gasteiger partial charge in [-0.05, 0) is 60.4 Å². The molecule has 1 saturated carbocycles. The van der Waals surface area contributed by atoms with Crippen LogP contribution in [0.1, 0.15) is 44.9 Å². The molecule has 2 heterocycles. The zero-order chi connectivity index (χ0) is 20.3. The smallest absolute Gasteiger partial charge is 0.243 e. The summed E-state index contributed by atoms with van der Waals surface area (Å²) >= 11 is 0. The van der Waals surface area contributed by atoms with Gasteiger partial charge in [0.15, 0.2) is 0 Å². The summed E-state index contributed by atoms with van der Waals surface area (Å²) in [5, 5.41) is 14.1. The third kappa shape index (κ3) is 4.48. The molecule has 4 rings (SSSR count). The second kappa shape index (κ2) is 8.58. The molecule has 1 aromatic carbocycles. The topological polar surface area (TPSA) is 110 Å². The molecule has 1 aliphatic carbocycles. The normalized spacial score (nSPS) is 21.7. The Balaban J connectivity index is 1.43. The van der Waals surface area contributed by atoms with Crippen molar-refractivity contribution in [2.75, 3.05) is 13.1 Å². The quantitative estimate of drug-likeness (QED) is 0.788. The van der Waals surface area contributed by atoms with E-state index in [9.17, 15) is 13.2 Å². The number of carbonyl (C=O) groups is 1. The number of carbonyl (C=O) groups excluding carboxylic acids is 1. The van der Waals surface area contributed by atoms with Crippen LogP contribution in [0.4, 0.5) is 0 Å². The lowest BCUT2D eigenvalue weighted by Gasteiger charge is -2.32. The summed E-state index contributed by atoms with van der Waals surface area (Å²) in [4.78, 5) is 12.9. The van der Waals surface area contributed by atoms with E-state index in [0.29, 0.717) is 18.7 Å². The monoisotopic (exact) mass is 418 g/mol. The predicted molar refractivity (Wildman–Crippen MR) is 106 cm³/mol. The van der Waals surface area contributed by atoms with Gasteiger partial charge in [-0.15, -0.1) is 5.10 Å². The van der Waals surface area contributed by atoms with Crippen LogP contribution in [0.2, 0.25) is 0 Å². The van der Waals surface area contributed by atoms with Crippen LogP contribution in [0.3, 0.4) is 0 Å². The van der Waals surface area contributed by atoms with E-state index in [1.807, 2.05) is 0 Å². The molecule has 1 N–H and O–H groups in total. The zero-order valence-electron chi connectivity index (χ0n) is 16.3. The van der Waals surface area contributed by atoms with Crippen LogP contribution in [0.15, 0.2) is 35.5 Å². The molecule has 0 bridgehead atoms. The molecule has 1 aromatic heterocycles. The summed E-state index contributed by atoms with van der Waals surface area (Å²) in [6.07, 6.45) is 8.43. The van der Waals surface area contributed by atoms with Gasteiger partial charge in [0, 0.05) is 19.1 Å². The van der Waals surface area contributed by atoms with Gasteiger partial charge in [-0.3, -0.25) is 4.79 Å². The van der Waals surface area contributed by atoms with Crippen LogP contribution in [0.25, 0.3) is 5.69 Å². The zero-order valence-corrected chi connectivity index (χ0v) is 17.1. The van der Waals surface area contributed by atoms with Gasteiger partial charge in [-0.1, -0.05) is 19.3 Å². The molecule has 1 saturated heterocycles. The van der Waals surface area contributed by atoms with Crippen molar-refractivity contribution in [2.45, 2.75) is 55.9 Å². The minimum atomic E-state index is -3.65. The molecule has 1 amide bonds. The number of benzene rings is 1. The van der Waals surface area contributed by atoms with Crippen LogP contribution in [0.5, 0.6) is 0 Å². The van der Waals surface area contributed by atoms with Gasteiger partial charge in [0.2, 0.25) is 15.9 Å². The maximum Gasteiger partial charge on any atom is 0.243 e. The number of nitrogens with one attached hydrogen (secondary N) is 1.